The first-order chi connectivity index (χ1) is 12.0. The largest absolute Gasteiger partial charge is 0.386 e. The van der Waals surface area contributed by atoms with Crippen LogP contribution in [0.5, 0.6) is 0 Å². The summed E-state index contributed by atoms with van der Waals surface area (Å²) < 4.78 is 4.93. The van der Waals surface area contributed by atoms with Crippen molar-refractivity contribution in [1.29, 1.82) is 0 Å². The van der Waals surface area contributed by atoms with Crippen LogP contribution in [0.2, 0.25) is 0 Å². The molecule has 25 heavy (non-hydrogen) atoms. The number of aryl methyl sites for hydroxylation is 1. The smallest absolute Gasteiger partial charge is 0.346 e. The number of nitro groups is 1. The van der Waals surface area contributed by atoms with Gasteiger partial charge in [-0.05, 0) is 30.2 Å². The highest BCUT2D eigenvalue weighted by Crippen LogP contribution is 2.16. The molecule has 0 N–H and O–H groups in total. The Balaban J connectivity index is 2.10. The predicted molar refractivity (Wildman–Crippen MR) is 92.0 cm³/mol. The van der Waals surface area contributed by atoms with Gasteiger partial charge in [-0.25, -0.2) is 9.59 Å². The SMILES string of the molecule is CCC(CCc1ccccc1C(=O)OC(=O)c1ccccc1)[N+](=O)[O-]. The number of ether oxygens (including phenoxy) is 1. The number of benzene rings is 2. The van der Waals surface area contributed by atoms with Gasteiger partial charge in [-0.15, -0.1) is 0 Å². The Hall–Kier alpha value is -3.02. The lowest BCUT2D eigenvalue weighted by Gasteiger charge is -2.10. The highest BCUT2D eigenvalue weighted by Gasteiger charge is 2.21. The minimum absolute atomic E-state index is 0.255. The molecule has 0 radical (unpaired) electrons. The molecule has 0 aromatic heterocycles. The lowest BCUT2D eigenvalue weighted by atomic mass is 9.99. The number of carbonyl (C=O) groups excluding carboxylic acids is 2. The third-order valence-electron chi connectivity index (χ3n) is 3.95. The van der Waals surface area contributed by atoms with Crippen molar-refractivity contribution >= 4 is 11.9 Å². The Morgan fingerprint density at radius 3 is 2.32 bits per heavy atom. The zero-order valence-corrected chi connectivity index (χ0v) is 13.9. The molecule has 1 atom stereocenters. The van der Waals surface area contributed by atoms with Gasteiger partial charge in [-0.3, -0.25) is 10.1 Å². The van der Waals surface area contributed by atoms with Crippen molar-refractivity contribution < 1.29 is 19.2 Å². The van der Waals surface area contributed by atoms with Crippen LogP contribution in [0.3, 0.4) is 0 Å². The van der Waals surface area contributed by atoms with E-state index in [9.17, 15) is 19.7 Å². The first-order valence-electron chi connectivity index (χ1n) is 8.06. The molecule has 2 aromatic rings. The molecule has 1 unspecified atom stereocenters. The van der Waals surface area contributed by atoms with Gasteiger partial charge in [0.2, 0.25) is 6.04 Å². The fraction of sp³-hybridized carbons (Fsp3) is 0.263. The van der Waals surface area contributed by atoms with Crippen molar-refractivity contribution in [3.05, 3.63) is 81.4 Å². The summed E-state index contributed by atoms with van der Waals surface area (Å²) in [5, 5.41) is 10.9. The van der Waals surface area contributed by atoms with Gasteiger partial charge < -0.3 is 4.74 Å². The van der Waals surface area contributed by atoms with Crippen LogP contribution in [0.25, 0.3) is 0 Å². The first kappa shape index (κ1) is 18.3. The summed E-state index contributed by atoms with van der Waals surface area (Å²) in [6.45, 7) is 1.76. The molecule has 0 bridgehead atoms. The van der Waals surface area contributed by atoms with E-state index in [0.29, 0.717) is 24.8 Å². The van der Waals surface area contributed by atoms with Crippen molar-refractivity contribution in [2.75, 3.05) is 0 Å². The van der Waals surface area contributed by atoms with E-state index in [0.717, 1.165) is 0 Å². The maximum absolute atomic E-state index is 12.3. The second-order valence-corrected chi connectivity index (χ2v) is 5.59. The van der Waals surface area contributed by atoms with Gasteiger partial charge in [0.25, 0.3) is 0 Å². The van der Waals surface area contributed by atoms with Crippen LogP contribution in [-0.2, 0) is 11.2 Å². The standard InChI is InChI=1S/C19H19NO5/c1-2-16(20(23)24)13-12-14-8-6-7-11-17(14)19(22)25-18(21)15-9-4-3-5-10-15/h3-11,16H,2,12-13H2,1H3. The van der Waals surface area contributed by atoms with Crippen LogP contribution in [0.1, 0.15) is 46.0 Å². The van der Waals surface area contributed by atoms with Gasteiger partial charge in [-0.2, -0.15) is 0 Å². The van der Waals surface area contributed by atoms with Gasteiger partial charge in [0.15, 0.2) is 0 Å². The molecule has 6 nitrogen and oxygen atoms in total. The Bertz CT molecular complexity index is 757. The van der Waals surface area contributed by atoms with Crippen LogP contribution in [-0.4, -0.2) is 22.9 Å². The van der Waals surface area contributed by atoms with Gasteiger partial charge in [0.05, 0.1) is 11.1 Å². The normalized spacial score (nSPS) is 11.6. The van der Waals surface area contributed by atoms with E-state index in [1.807, 2.05) is 0 Å². The number of nitrogens with zero attached hydrogens (tertiary/aromatic N) is 1. The van der Waals surface area contributed by atoms with E-state index in [-0.39, 0.29) is 16.1 Å². The Morgan fingerprint density at radius 2 is 1.68 bits per heavy atom. The fourth-order valence-electron chi connectivity index (χ4n) is 2.49. The first-order valence-corrected chi connectivity index (χ1v) is 8.06. The molecule has 0 amide bonds. The minimum Gasteiger partial charge on any atom is -0.386 e. The molecule has 0 aliphatic rings. The van der Waals surface area contributed by atoms with Crippen molar-refractivity contribution in [2.45, 2.75) is 32.2 Å². The average Bonchev–Trinajstić information content (AvgIpc) is 2.63. The number of esters is 2. The maximum Gasteiger partial charge on any atom is 0.346 e. The van der Waals surface area contributed by atoms with E-state index in [2.05, 4.69) is 0 Å². The van der Waals surface area contributed by atoms with Crippen LogP contribution >= 0.6 is 0 Å². The number of carbonyl (C=O) groups is 2. The molecule has 0 saturated heterocycles. The Labute approximate surface area is 145 Å². The molecule has 2 rings (SSSR count). The fourth-order valence-corrected chi connectivity index (χ4v) is 2.49. The minimum atomic E-state index is -0.751. The van der Waals surface area contributed by atoms with Crippen molar-refractivity contribution in [1.82, 2.24) is 0 Å². The Kier molecular flexibility index (Phi) is 6.39. The van der Waals surface area contributed by atoms with Crippen LogP contribution in [0.4, 0.5) is 0 Å². The van der Waals surface area contributed by atoms with Gasteiger partial charge in [0, 0.05) is 17.8 Å². The van der Waals surface area contributed by atoms with Crippen molar-refractivity contribution in [3.8, 4) is 0 Å². The molecule has 0 saturated carbocycles. The maximum atomic E-state index is 12.3. The zero-order valence-electron chi connectivity index (χ0n) is 13.9. The van der Waals surface area contributed by atoms with E-state index in [4.69, 9.17) is 4.74 Å². The summed E-state index contributed by atoms with van der Waals surface area (Å²) in [4.78, 5) is 35.0. The highest BCUT2D eigenvalue weighted by atomic mass is 16.6. The molecule has 6 heteroatoms. The summed E-state index contributed by atoms with van der Waals surface area (Å²) in [5.41, 5.74) is 1.17. The zero-order chi connectivity index (χ0) is 18.2. The predicted octanol–water partition coefficient (Wildman–Crippen LogP) is 3.67. The van der Waals surface area contributed by atoms with Crippen LogP contribution in [0, 0.1) is 10.1 Å². The van der Waals surface area contributed by atoms with Gasteiger partial charge in [-0.1, -0.05) is 43.3 Å². The van der Waals surface area contributed by atoms with Crippen LogP contribution in [0.15, 0.2) is 54.6 Å². The topological polar surface area (TPSA) is 86.5 Å². The summed E-state index contributed by atoms with van der Waals surface area (Å²) in [6.07, 6.45) is 1.11. The van der Waals surface area contributed by atoms with E-state index in [1.54, 1.807) is 61.5 Å². The lowest BCUT2D eigenvalue weighted by molar-refractivity contribution is -0.523. The molecule has 0 spiro atoms. The molecule has 0 aliphatic heterocycles. The summed E-state index contributed by atoms with van der Waals surface area (Å²) in [6, 6.07) is 14.3. The lowest BCUT2D eigenvalue weighted by Crippen LogP contribution is -2.20. The summed E-state index contributed by atoms with van der Waals surface area (Å²) in [5.74, 6) is -1.48. The van der Waals surface area contributed by atoms with E-state index >= 15 is 0 Å². The molecule has 0 aliphatic carbocycles. The summed E-state index contributed by atoms with van der Waals surface area (Å²) in [7, 11) is 0. The number of hydrogen-bond acceptors (Lipinski definition) is 5. The van der Waals surface area contributed by atoms with Crippen LogP contribution < -0.4 is 0 Å². The molecule has 0 fully saturated rings. The summed E-state index contributed by atoms with van der Waals surface area (Å²) >= 11 is 0. The third-order valence-corrected chi connectivity index (χ3v) is 3.95. The molecular weight excluding hydrogens is 322 g/mol. The second-order valence-electron chi connectivity index (χ2n) is 5.59. The van der Waals surface area contributed by atoms with Gasteiger partial charge in [0.1, 0.15) is 0 Å². The molecule has 130 valence electrons. The van der Waals surface area contributed by atoms with Crippen molar-refractivity contribution in [2.24, 2.45) is 0 Å². The highest BCUT2D eigenvalue weighted by molar-refractivity contribution is 6.03. The van der Waals surface area contributed by atoms with E-state index in [1.165, 1.54) is 0 Å². The monoisotopic (exact) mass is 341 g/mol. The van der Waals surface area contributed by atoms with E-state index < -0.39 is 18.0 Å². The third kappa shape index (κ3) is 4.97. The number of rotatable bonds is 7. The molecule has 2 aromatic carbocycles. The number of hydrogen-bond donors (Lipinski definition) is 0. The molecule has 0 heterocycles. The average molecular weight is 341 g/mol. The Morgan fingerprint density at radius 1 is 1.04 bits per heavy atom. The van der Waals surface area contributed by atoms with Crippen molar-refractivity contribution in [3.63, 3.8) is 0 Å². The van der Waals surface area contributed by atoms with Gasteiger partial charge >= 0.3 is 11.9 Å². The molecular formula is C19H19NO5. The quantitative estimate of drug-likeness (QED) is 0.332. The second kappa shape index (κ2) is 8.73.